The molecule has 0 aliphatic rings. The zero-order valence-electron chi connectivity index (χ0n) is 9.02. The highest BCUT2D eigenvalue weighted by Gasteiger charge is 2.17. The third-order valence-electron chi connectivity index (χ3n) is 2.33. The molecule has 0 atom stereocenters. The first kappa shape index (κ1) is 10.4. The first-order valence-electron chi connectivity index (χ1n) is 4.84. The number of aromatic nitrogens is 2. The minimum Gasteiger partial charge on any atom is -0.271 e. The van der Waals surface area contributed by atoms with E-state index < -0.39 is 4.92 Å². The molecule has 0 fully saturated rings. The summed E-state index contributed by atoms with van der Waals surface area (Å²) in [6, 6.07) is 5.81. The van der Waals surface area contributed by atoms with Crippen LogP contribution < -0.4 is 0 Å². The lowest BCUT2D eigenvalue weighted by Gasteiger charge is -2.02. The Kier molecular flexibility index (Phi) is 2.44. The van der Waals surface area contributed by atoms with Crippen LogP contribution in [-0.2, 0) is 0 Å². The van der Waals surface area contributed by atoms with Gasteiger partial charge in [0.1, 0.15) is 11.9 Å². The Bertz CT molecular complexity index is 526. The van der Waals surface area contributed by atoms with E-state index in [1.165, 1.54) is 6.20 Å². The lowest BCUT2D eigenvalue weighted by atomic mass is 10.0. The normalized spacial score (nSPS) is 10.4. The molecule has 1 aromatic heterocycles. The molecule has 2 rings (SSSR count). The van der Waals surface area contributed by atoms with Crippen LogP contribution in [0.25, 0.3) is 11.3 Å². The van der Waals surface area contributed by atoms with Crippen molar-refractivity contribution in [1.82, 2.24) is 10.2 Å². The van der Waals surface area contributed by atoms with Crippen LogP contribution in [-0.4, -0.2) is 15.1 Å². The highest BCUT2D eigenvalue weighted by atomic mass is 16.6. The van der Waals surface area contributed by atoms with Crippen molar-refractivity contribution in [3.05, 3.63) is 45.6 Å². The van der Waals surface area contributed by atoms with Crippen LogP contribution in [0.2, 0.25) is 0 Å². The smallest absolute Gasteiger partial charge is 0.271 e. The fraction of sp³-hybridized carbons (Fsp3) is 0.182. The molecule has 0 radical (unpaired) electrons. The number of aromatic amines is 1. The number of nitrogens with zero attached hydrogens (tertiary/aromatic N) is 2. The van der Waals surface area contributed by atoms with Crippen molar-refractivity contribution >= 4 is 5.69 Å². The average molecular weight is 217 g/mol. The standard InChI is InChI=1S/C11H11N3O2/c1-7-3-8(2)5-9(4-7)11-10(14(15)16)6-12-13-11/h3-6H,1-2H3,(H,12,13). The molecule has 0 saturated carbocycles. The fourth-order valence-corrected chi connectivity index (χ4v) is 1.75. The number of H-pyrrole nitrogens is 1. The molecule has 0 aliphatic carbocycles. The molecule has 0 unspecified atom stereocenters. The van der Waals surface area contributed by atoms with Crippen LogP contribution >= 0.6 is 0 Å². The minimum absolute atomic E-state index is 0.00463. The van der Waals surface area contributed by atoms with E-state index in [1.807, 2.05) is 32.0 Å². The predicted molar refractivity (Wildman–Crippen MR) is 60.2 cm³/mol. The number of benzene rings is 1. The van der Waals surface area contributed by atoms with Gasteiger partial charge in [-0.1, -0.05) is 17.2 Å². The van der Waals surface area contributed by atoms with Gasteiger partial charge in [0, 0.05) is 5.56 Å². The summed E-state index contributed by atoms with van der Waals surface area (Å²) >= 11 is 0. The molecule has 82 valence electrons. The summed E-state index contributed by atoms with van der Waals surface area (Å²) < 4.78 is 0. The molecular weight excluding hydrogens is 206 g/mol. The van der Waals surface area contributed by atoms with Crippen molar-refractivity contribution in [3.63, 3.8) is 0 Å². The second-order valence-electron chi connectivity index (χ2n) is 3.76. The minimum atomic E-state index is -0.434. The molecule has 16 heavy (non-hydrogen) atoms. The summed E-state index contributed by atoms with van der Waals surface area (Å²) in [4.78, 5) is 10.3. The van der Waals surface area contributed by atoms with Crippen LogP contribution in [0.15, 0.2) is 24.4 Å². The number of nitro groups is 1. The highest BCUT2D eigenvalue weighted by Crippen LogP contribution is 2.28. The van der Waals surface area contributed by atoms with Crippen LogP contribution in [0.3, 0.4) is 0 Å². The third-order valence-corrected chi connectivity index (χ3v) is 2.33. The molecular formula is C11H11N3O2. The Balaban J connectivity index is 2.58. The largest absolute Gasteiger partial charge is 0.314 e. The lowest BCUT2D eigenvalue weighted by Crippen LogP contribution is -1.90. The van der Waals surface area contributed by atoms with Gasteiger partial charge in [0.15, 0.2) is 0 Å². The van der Waals surface area contributed by atoms with E-state index in [9.17, 15) is 10.1 Å². The van der Waals surface area contributed by atoms with Crippen molar-refractivity contribution in [1.29, 1.82) is 0 Å². The quantitative estimate of drug-likeness (QED) is 0.620. The summed E-state index contributed by atoms with van der Waals surface area (Å²) in [6.45, 7) is 3.91. The predicted octanol–water partition coefficient (Wildman–Crippen LogP) is 2.60. The second-order valence-corrected chi connectivity index (χ2v) is 3.76. The van der Waals surface area contributed by atoms with Crippen molar-refractivity contribution in [2.45, 2.75) is 13.8 Å². The summed E-state index contributed by atoms with van der Waals surface area (Å²) in [5.74, 6) is 0. The van der Waals surface area contributed by atoms with Crippen LogP contribution in [0, 0.1) is 24.0 Å². The Morgan fingerprint density at radius 1 is 1.25 bits per heavy atom. The topological polar surface area (TPSA) is 71.8 Å². The molecule has 5 nitrogen and oxygen atoms in total. The summed E-state index contributed by atoms with van der Waals surface area (Å²) in [7, 11) is 0. The van der Waals surface area contributed by atoms with Crippen LogP contribution in [0.5, 0.6) is 0 Å². The molecule has 1 heterocycles. The van der Waals surface area contributed by atoms with Crippen molar-refractivity contribution in [2.24, 2.45) is 0 Å². The van der Waals surface area contributed by atoms with Gasteiger partial charge in [-0.25, -0.2) is 0 Å². The van der Waals surface area contributed by atoms with E-state index in [0.717, 1.165) is 16.7 Å². The third kappa shape index (κ3) is 1.79. The lowest BCUT2D eigenvalue weighted by molar-refractivity contribution is -0.384. The van der Waals surface area contributed by atoms with E-state index in [-0.39, 0.29) is 5.69 Å². The maximum atomic E-state index is 10.8. The SMILES string of the molecule is Cc1cc(C)cc(-c2[nH]ncc2[N+](=O)[O-])c1. The fourth-order valence-electron chi connectivity index (χ4n) is 1.75. The van der Waals surface area contributed by atoms with E-state index in [4.69, 9.17) is 0 Å². The highest BCUT2D eigenvalue weighted by molar-refractivity contribution is 5.69. The van der Waals surface area contributed by atoms with E-state index >= 15 is 0 Å². The first-order chi connectivity index (χ1) is 7.58. The van der Waals surface area contributed by atoms with Crippen molar-refractivity contribution in [3.8, 4) is 11.3 Å². The van der Waals surface area contributed by atoms with Gasteiger partial charge in [-0.15, -0.1) is 0 Å². The summed E-state index contributed by atoms with van der Waals surface area (Å²) in [6.07, 6.45) is 1.23. The number of aryl methyl sites for hydroxylation is 2. The average Bonchev–Trinajstić information content (AvgIpc) is 2.63. The number of hydrogen-bond donors (Lipinski definition) is 1. The van der Waals surface area contributed by atoms with Gasteiger partial charge in [0.25, 0.3) is 0 Å². The second kappa shape index (κ2) is 3.77. The summed E-state index contributed by atoms with van der Waals surface area (Å²) in [5, 5.41) is 17.2. The Hall–Kier alpha value is -2.17. The van der Waals surface area contributed by atoms with Gasteiger partial charge < -0.3 is 0 Å². The monoisotopic (exact) mass is 217 g/mol. The van der Waals surface area contributed by atoms with Gasteiger partial charge in [-0.05, 0) is 26.0 Å². The van der Waals surface area contributed by atoms with E-state index in [2.05, 4.69) is 10.2 Å². The van der Waals surface area contributed by atoms with E-state index in [1.54, 1.807) is 0 Å². The van der Waals surface area contributed by atoms with Crippen LogP contribution in [0.1, 0.15) is 11.1 Å². The first-order valence-corrected chi connectivity index (χ1v) is 4.84. The maximum Gasteiger partial charge on any atom is 0.314 e. The molecule has 0 spiro atoms. The van der Waals surface area contributed by atoms with Gasteiger partial charge in [0.05, 0.1) is 4.92 Å². The molecule has 1 aromatic carbocycles. The molecule has 2 aromatic rings. The van der Waals surface area contributed by atoms with Crippen LogP contribution in [0.4, 0.5) is 5.69 Å². The van der Waals surface area contributed by atoms with E-state index in [0.29, 0.717) is 5.69 Å². The summed E-state index contributed by atoms with van der Waals surface area (Å²) in [5.41, 5.74) is 3.39. The zero-order valence-corrected chi connectivity index (χ0v) is 9.02. The maximum absolute atomic E-state index is 10.8. The molecule has 0 amide bonds. The number of rotatable bonds is 2. The Morgan fingerprint density at radius 2 is 1.88 bits per heavy atom. The zero-order chi connectivity index (χ0) is 11.7. The number of hydrogen-bond acceptors (Lipinski definition) is 3. The molecule has 0 bridgehead atoms. The van der Waals surface area contributed by atoms with Gasteiger partial charge >= 0.3 is 5.69 Å². The molecule has 1 N–H and O–H groups in total. The van der Waals surface area contributed by atoms with Gasteiger partial charge in [-0.3, -0.25) is 15.2 Å². The van der Waals surface area contributed by atoms with Gasteiger partial charge in [-0.2, -0.15) is 5.10 Å². The van der Waals surface area contributed by atoms with Crippen molar-refractivity contribution in [2.75, 3.05) is 0 Å². The Labute approximate surface area is 92.3 Å². The van der Waals surface area contributed by atoms with Crippen molar-refractivity contribution < 1.29 is 4.92 Å². The molecule has 5 heteroatoms. The molecule has 0 aliphatic heterocycles. The number of nitrogens with one attached hydrogen (secondary N) is 1. The molecule has 0 saturated heterocycles. The van der Waals surface area contributed by atoms with Gasteiger partial charge in [0.2, 0.25) is 0 Å². The Morgan fingerprint density at radius 3 is 2.44 bits per heavy atom.